The smallest absolute Gasteiger partial charge is 0.150 e. The number of methoxy groups -OCH3 is 1. The van der Waals surface area contributed by atoms with Crippen LogP contribution < -0.4 is 5.73 Å². The van der Waals surface area contributed by atoms with Gasteiger partial charge in [0.2, 0.25) is 0 Å². The SMILES string of the molecule is COCCN(CCC#N)Cc1cccc(N)c1F. The fourth-order valence-corrected chi connectivity index (χ4v) is 1.66. The maximum absolute atomic E-state index is 13.8. The minimum absolute atomic E-state index is 0.152. The molecule has 0 amide bonds. The summed E-state index contributed by atoms with van der Waals surface area (Å²) in [6.07, 6.45) is 0.410. The Morgan fingerprint density at radius 2 is 2.22 bits per heavy atom. The highest BCUT2D eigenvalue weighted by Crippen LogP contribution is 2.16. The molecule has 0 fully saturated rings. The molecule has 0 atom stereocenters. The van der Waals surface area contributed by atoms with E-state index in [1.54, 1.807) is 19.2 Å². The predicted molar refractivity (Wildman–Crippen MR) is 68.2 cm³/mol. The second-order valence-corrected chi connectivity index (χ2v) is 4.00. The van der Waals surface area contributed by atoms with Crippen LogP contribution in [0.3, 0.4) is 0 Å². The summed E-state index contributed by atoms with van der Waals surface area (Å²) in [6, 6.07) is 7.06. The molecule has 1 rings (SSSR count). The van der Waals surface area contributed by atoms with Gasteiger partial charge in [-0.05, 0) is 6.07 Å². The van der Waals surface area contributed by atoms with Gasteiger partial charge < -0.3 is 10.5 Å². The third-order valence-corrected chi connectivity index (χ3v) is 2.65. The summed E-state index contributed by atoms with van der Waals surface area (Å²) >= 11 is 0. The summed E-state index contributed by atoms with van der Waals surface area (Å²) < 4.78 is 18.8. The number of halogens is 1. The summed E-state index contributed by atoms with van der Waals surface area (Å²) in [5.74, 6) is -0.378. The van der Waals surface area contributed by atoms with Crippen LogP contribution in [0.2, 0.25) is 0 Å². The number of benzene rings is 1. The fraction of sp³-hybridized carbons (Fsp3) is 0.462. The molecule has 0 heterocycles. The number of nitrogens with zero attached hydrogens (tertiary/aromatic N) is 2. The Balaban J connectivity index is 2.69. The predicted octanol–water partition coefficient (Wildman–Crippen LogP) is 1.77. The maximum Gasteiger partial charge on any atom is 0.150 e. The lowest BCUT2D eigenvalue weighted by Crippen LogP contribution is -2.28. The van der Waals surface area contributed by atoms with E-state index < -0.39 is 0 Å². The van der Waals surface area contributed by atoms with E-state index in [0.29, 0.717) is 38.2 Å². The molecule has 98 valence electrons. The van der Waals surface area contributed by atoms with E-state index in [-0.39, 0.29) is 11.5 Å². The third kappa shape index (κ3) is 4.32. The van der Waals surface area contributed by atoms with E-state index in [1.165, 1.54) is 6.07 Å². The van der Waals surface area contributed by atoms with E-state index in [1.807, 2.05) is 4.90 Å². The number of nitriles is 1. The molecule has 0 radical (unpaired) electrons. The van der Waals surface area contributed by atoms with E-state index >= 15 is 0 Å². The minimum Gasteiger partial charge on any atom is -0.396 e. The maximum atomic E-state index is 13.8. The van der Waals surface area contributed by atoms with Gasteiger partial charge in [-0.3, -0.25) is 4.90 Å². The summed E-state index contributed by atoms with van der Waals surface area (Å²) in [5.41, 5.74) is 6.22. The highest BCUT2D eigenvalue weighted by atomic mass is 19.1. The molecule has 2 N–H and O–H groups in total. The van der Waals surface area contributed by atoms with Crippen molar-refractivity contribution in [3.63, 3.8) is 0 Å². The van der Waals surface area contributed by atoms with Crippen LogP contribution in [0.1, 0.15) is 12.0 Å². The van der Waals surface area contributed by atoms with Crippen molar-refractivity contribution in [2.45, 2.75) is 13.0 Å². The number of anilines is 1. The average Bonchev–Trinajstić information content (AvgIpc) is 2.38. The van der Waals surface area contributed by atoms with Gasteiger partial charge in [0.1, 0.15) is 0 Å². The van der Waals surface area contributed by atoms with Gasteiger partial charge in [0.05, 0.1) is 18.4 Å². The van der Waals surface area contributed by atoms with Gasteiger partial charge in [0.25, 0.3) is 0 Å². The van der Waals surface area contributed by atoms with Crippen molar-refractivity contribution >= 4 is 5.69 Å². The van der Waals surface area contributed by atoms with Gasteiger partial charge in [-0.1, -0.05) is 12.1 Å². The van der Waals surface area contributed by atoms with Crippen LogP contribution in [-0.2, 0) is 11.3 Å². The summed E-state index contributed by atoms with van der Waals surface area (Å²) in [7, 11) is 1.61. The first-order valence-corrected chi connectivity index (χ1v) is 5.80. The van der Waals surface area contributed by atoms with Crippen LogP contribution in [0.15, 0.2) is 18.2 Å². The average molecular weight is 251 g/mol. The zero-order chi connectivity index (χ0) is 13.4. The Labute approximate surface area is 107 Å². The molecule has 18 heavy (non-hydrogen) atoms. The first-order valence-electron chi connectivity index (χ1n) is 5.80. The molecule has 0 aliphatic heterocycles. The molecule has 0 unspecified atom stereocenters. The molecule has 0 spiro atoms. The monoisotopic (exact) mass is 251 g/mol. The van der Waals surface area contributed by atoms with Crippen LogP contribution in [0.5, 0.6) is 0 Å². The Morgan fingerprint density at radius 1 is 1.44 bits per heavy atom. The molecule has 5 heteroatoms. The molecule has 0 aliphatic rings. The van der Waals surface area contributed by atoms with Gasteiger partial charge in [-0.2, -0.15) is 5.26 Å². The minimum atomic E-state index is -0.378. The molecule has 0 aliphatic carbocycles. The van der Waals surface area contributed by atoms with Gasteiger partial charge in [-0.25, -0.2) is 4.39 Å². The number of ether oxygens (including phenoxy) is 1. The van der Waals surface area contributed by atoms with Gasteiger partial charge >= 0.3 is 0 Å². The molecular formula is C13H18FN3O. The van der Waals surface area contributed by atoms with Crippen LogP contribution in [-0.4, -0.2) is 31.7 Å². The van der Waals surface area contributed by atoms with Crippen LogP contribution in [0, 0.1) is 17.1 Å². The first-order chi connectivity index (χ1) is 8.69. The number of rotatable bonds is 7. The van der Waals surface area contributed by atoms with E-state index in [9.17, 15) is 4.39 Å². The van der Waals surface area contributed by atoms with Crippen molar-refractivity contribution < 1.29 is 9.13 Å². The molecular weight excluding hydrogens is 233 g/mol. The lowest BCUT2D eigenvalue weighted by atomic mass is 10.1. The van der Waals surface area contributed by atoms with Crippen molar-refractivity contribution in [3.8, 4) is 6.07 Å². The van der Waals surface area contributed by atoms with Crippen LogP contribution >= 0.6 is 0 Å². The van der Waals surface area contributed by atoms with Gasteiger partial charge in [-0.15, -0.1) is 0 Å². The highest BCUT2D eigenvalue weighted by Gasteiger charge is 2.10. The molecule has 1 aromatic carbocycles. The molecule has 0 aromatic heterocycles. The van der Waals surface area contributed by atoms with Crippen molar-refractivity contribution in [3.05, 3.63) is 29.6 Å². The summed E-state index contributed by atoms with van der Waals surface area (Å²) in [4.78, 5) is 1.98. The Kier molecular flexibility index (Phi) is 6.12. The molecule has 0 saturated carbocycles. The third-order valence-electron chi connectivity index (χ3n) is 2.65. The second-order valence-electron chi connectivity index (χ2n) is 4.00. The van der Waals surface area contributed by atoms with Gasteiger partial charge in [0, 0.05) is 38.7 Å². The number of hydrogen-bond acceptors (Lipinski definition) is 4. The first kappa shape index (κ1) is 14.4. The molecule has 1 aromatic rings. The lowest BCUT2D eigenvalue weighted by molar-refractivity contribution is 0.144. The van der Waals surface area contributed by atoms with Crippen molar-refractivity contribution in [1.82, 2.24) is 4.90 Å². The quantitative estimate of drug-likeness (QED) is 0.750. The van der Waals surface area contributed by atoms with Crippen molar-refractivity contribution in [2.75, 3.05) is 32.5 Å². The number of hydrogen-bond donors (Lipinski definition) is 1. The second kappa shape index (κ2) is 7.64. The van der Waals surface area contributed by atoms with E-state index in [2.05, 4.69) is 6.07 Å². The summed E-state index contributed by atoms with van der Waals surface area (Å²) in [6.45, 7) is 2.23. The molecule has 0 saturated heterocycles. The topological polar surface area (TPSA) is 62.3 Å². The van der Waals surface area contributed by atoms with Crippen molar-refractivity contribution in [2.24, 2.45) is 0 Å². The largest absolute Gasteiger partial charge is 0.396 e. The standard InChI is InChI=1S/C13H18FN3O/c1-18-9-8-17(7-3-6-15)10-11-4-2-5-12(16)13(11)14/h2,4-5H,3,7-10,16H2,1H3. The zero-order valence-electron chi connectivity index (χ0n) is 10.5. The van der Waals surface area contributed by atoms with E-state index in [4.69, 9.17) is 15.7 Å². The normalized spacial score (nSPS) is 10.6. The molecule has 0 bridgehead atoms. The Hall–Kier alpha value is -1.64. The van der Waals surface area contributed by atoms with Crippen molar-refractivity contribution in [1.29, 1.82) is 5.26 Å². The van der Waals surface area contributed by atoms with E-state index in [0.717, 1.165) is 0 Å². The molecule has 4 nitrogen and oxygen atoms in total. The zero-order valence-corrected chi connectivity index (χ0v) is 10.5. The lowest BCUT2D eigenvalue weighted by Gasteiger charge is -2.21. The fourth-order valence-electron chi connectivity index (χ4n) is 1.66. The Morgan fingerprint density at radius 3 is 2.89 bits per heavy atom. The Bertz CT molecular complexity index is 417. The van der Waals surface area contributed by atoms with Crippen LogP contribution in [0.4, 0.5) is 10.1 Å². The van der Waals surface area contributed by atoms with Crippen LogP contribution in [0.25, 0.3) is 0 Å². The number of nitrogens with two attached hydrogens (primary N) is 1. The summed E-state index contributed by atoms with van der Waals surface area (Å²) in [5, 5.41) is 8.60. The highest BCUT2D eigenvalue weighted by molar-refractivity contribution is 5.42. The number of nitrogen functional groups attached to an aromatic ring is 1. The van der Waals surface area contributed by atoms with Gasteiger partial charge in [0.15, 0.2) is 5.82 Å².